The standard InChI is InChI=1S/C30H31F3N4O4/c1-35-25-14-13-24(29(40)41-17-18-5-3-2-4-6-18)37(25)28(39)26(34)20-15-22-11-12-23(16-20)36(22)27(38)19-7-9-21(10-8-19)30(31,32)33/h2-10,20,22-26H,11-17,34H2/t20?,22?,23?,24-,25+,26-/m0/s1. The van der Waals surface area contributed by atoms with Gasteiger partial charge in [0.25, 0.3) is 5.91 Å². The van der Waals surface area contributed by atoms with Crippen LogP contribution in [0.1, 0.15) is 60.0 Å². The second kappa shape index (κ2) is 11.5. The van der Waals surface area contributed by atoms with Crippen LogP contribution in [0.5, 0.6) is 0 Å². The van der Waals surface area contributed by atoms with Crippen molar-refractivity contribution in [1.82, 2.24) is 9.80 Å². The molecule has 2 aromatic carbocycles. The number of fused-ring (bicyclic) bond motifs is 2. The predicted octanol–water partition coefficient (Wildman–Crippen LogP) is 4.40. The number of hydrogen-bond acceptors (Lipinski definition) is 5. The summed E-state index contributed by atoms with van der Waals surface area (Å²) in [7, 11) is 0. The number of esters is 1. The first kappa shape index (κ1) is 28.6. The minimum absolute atomic E-state index is 0.0573. The van der Waals surface area contributed by atoms with Gasteiger partial charge in [0.1, 0.15) is 12.6 Å². The van der Waals surface area contributed by atoms with Crippen molar-refractivity contribution < 1.29 is 32.3 Å². The smallest absolute Gasteiger partial charge is 0.416 e. The molecule has 0 spiro atoms. The first-order valence-electron chi connectivity index (χ1n) is 13.7. The van der Waals surface area contributed by atoms with E-state index < -0.39 is 41.9 Å². The third-order valence-corrected chi connectivity index (χ3v) is 8.51. The van der Waals surface area contributed by atoms with E-state index in [2.05, 4.69) is 4.85 Å². The van der Waals surface area contributed by atoms with Gasteiger partial charge in [-0.2, -0.15) is 13.2 Å². The number of benzene rings is 2. The van der Waals surface area contributed by atoms with Crippen LogP contribution in [0.2, 0.25) is 0 Å². The van der Waals surface area contributed by atoms with Crippen molar-refractivity contribution in [2.24, 2.45) is 11.7 Å². The fourth-order valence-corrected chi connectivity index (χ4v) is 6.44. The second-order valence-electron chi connectivity index (χ2n) is 11.0. The average molecular weight is 569 g/mol. The maximum atomic E-state index is 13.7. The SMILES string of the molecule is [C-]#[N+][C@H]1CC[C@@H](C(=O)OCc2ccccc2)N1C(=O)[C@@H](N)C1CC2CCC(C1)N2C(=O)c1ccc(C(F)(F)F)cc1. The number of halogens is 3. The molecular weight excluding hydrogens is 537 g/mol. The molecule has 8 nitrogen and oxygen atoms in total. The molecule has 0 aromatic heterocycles. The van der Waals surface area contributed by atoms with Crippen LogP contribution in [0.3, 0.4) is 0 Å². The van der Waals surface area contributed by atoms with E-state index in [4.69, 9.17) is 17.0 Å². The number of carbonyl (C=O) groups is 3. The molecule has 0 saturated carbocycles. The molecule has 3 aliphatic rings. The Morgan fingerprint density at radius 3 is 2.17 bits per heavy atom. The lowest BCUT2D eigenvalue weighted by atomic mass is 9.84. The Morgan fingerprint density at radius 1 is 0.951 bits per heavy atom. The molecule has 3 aliphatic heterocycles. The van der Waals surface area contributed by atoms with E-state index in [-0.39, 0.29) is 36.1 Å². The Balaban J connectivity index is 1.24. The zero-order valence-electron chi connectivity index (χ0n) is 22.3. The Hall–Kier alpha value is -3.91. The predicted molar refractivity (Wildman–Crippen MR) is 142 cm³/mol. The van der Waals surface area contributed by atoms with Crippen molar-refractivity contribution in [3.63, 3.8) is 0 Å². The number of ether oxygens (including phenoxy) is 1. The summed E-state index contributed by atoms with van der Waals surface area (Å²) in [6, 6.07) is 11.1. The number of alkyl halides is 3. The van der Waals surface area contributed by atoms with Crippen LogP contribution in [0.4, 0.5) is 13.2 Å². The van der Waals surface area contributed by atoms with Gasteiger partial charge < -0.3 is 15.4 Å². The zero-order chi connectivity index (χ0) is 29.3. The molecule has 11 heteroatoms. The van der Waals surface area contributed by atoms with E-state index >= 15 is 0 Å². The maximum Gasteiger partial charge on any atom is 0.416 e. The molecule has 3 heterocycles. The van der Waals surface area contributed by atoms with Gasteiger partial charge in [-0.15, -0.1) is 0 Å². The Bertz CT molecular complexity index is 1310. The molecule has 3 fully saturated rings. The summed E-state index contributed by atoms with van der Waals surface area (Å²) in [4.78, 5) is 46.5. The largest absolute Gasteiger partial charge is 0.459 e. The third-order valence-electron chi connectivity index (χ3n) is 8.51. The summed E-state index contributed by atoms with van der Waals surface area (Å²) in [5.41, 5.74) is 6.68. The van der Waals surface area contributed by atoms with Gasteiger partial charge in [0.2, 0.25) is 5.91 Å². The first-order chi connectivity index (χ1) is 19.6. The highest BCUT2D eigenvalue weighted by molar-refractivity contribution is 5.95. The zero-order valence-corrected chi connectivity index (χ0v) is 22.3. The molecule has 0 aliphatic carbocycles. The van der Waals surface area contributed by atoms with Crippen LogP contribution >= 0.6 is 0 Å². The second-order valence-corrected chi connectivity index (χ2v) is 11.0. The molecule has 2 bridgehead atoms. The number of amides is 2. The molecule has 2 amide bonds. The molecule has 216 valence electrons. The van der Waals surface area contributed by atoms with Crippen LogP contribution in [-0.4, -0.2) is 57.9 Å². The Morgan fingerprint density at radius 2 is 1.59 bits per heavy atom. The third kappa shape index (κ3) is 5.79. The van der Waals surface area contributed by atoms with Crippen molar-refractivity contribution in [3.05, 3.63) is 82.7 Å². The highest BCUT2D eigenvalue weighted by atomic mass is 19.4. The van der Waals surface area contributed by atoms with Crippen LogP contribution in [0.25, 0.3) is 4.85 Å². The lowest BCUT2D eigenvalue weighted by Gasteiger charge is -2.41. The molecular formula is C30H31F3N4O4. The summed E-state index contributed by atoms with van der Waals surface area (Å²) in [6.45, 7) is 7.64. The number of rotatable bonds is 6. The van der Waals surface area contributed by atoms with Crippen LogP contribution in [-0.2, 0) is 27.1 Å². The number of nitrogens with two attached hydrogens (primary N) is 1. The monoisotopic (exact) mass is 568 g/mol. The van der Waals surface area contributed by atoms with Gasteiger partial charge in [0.15, 0.2) is 0 Å². The van der Waals surface area contributed by atoms with Crippen molar-refractivity contribution in [3.8, 4) is 0 Å². The molecule has 2 N–H and O–H groups in total. The summed E-state index contributed by atoms with van der Waals surface area (Å²) in [5, 5.41) is 0. The topological polar surface area (TPSA) is 97.3 Å². The molecule has 3 saturated heterocycles. The van der Waals surface area contributed by atoms with E-state index in [1.807, 2.05) is 30.3 Å². The maximum absolute atomic E-state index is 13.7. The lowest BCUT2D eigenvalue weighted by molar-refractivity contribution is -0.156. The summed E-state index contributed by atoms with van der Waals surface area (Å²) in [6.07, 6.45) is -2.32. The Labute approximate surface area is 236 Å². The van der Waals surface area contributed by atoms with Crippen molar-refractivity contribution in [2.75, 3.05) is 0 Å². The van der Waals surface area contributed by atoms with Gasteiger partial charge in [-0.25, -0.2) is 11.4 Å². The molecule has 2 unspecified atom stereocenters. The molecule has 5 rings (SSSR count). The normalized spacial score (nSPS) is 26.4. The molecule has 5 atom stereocenters. The van der Waals surface area contributed by atoms with Crippen LogP contribution in [0, 0.1) is 12.5 Å². The highest BCUT2D eigenvalue weighted by Gasteiger charge is 2.51. The number of hydrogen-bond donors (Lipinski definition) is 1. The van der Waals surface area contributed by atoms with E-state index in [9.17, 15) is 27.6 Å². The van der Waals surface area contributed by atoms with E-state index in [0.29, 0.717) is 38.5 Å². The van der Waals surface area contributed by atoms with E-state index in [1.165, 1.54) is 17.0 Å². The number of piperidine rings is 1. The molecule has 41 heavy (non-hydrogen) atoms. The number of nitrogens with zero attached hydrogens (tertiary/aromatic N) is 3. The quantitative estimate of drug-likeness (QED) is 0.412. The minimum atomic E-state index is -4.49. The highest BCUT2D eigenvalue weighted by Crippen LogP contribution is 2.41. The van der Waals surface area contributed by atoms with Gasteiger partial charge >= 0.3 is 18.3 Å². The van der Waals surface area contributed by atoms with Crippen molar-refractivity contribution in [2.45, 2.75) is 81.6 Å². The van der Waals surface area contributed by atoms with E-state index in [0.717, 1.165) is 17.7 Å². The first-order valence-corrected chi connectivity index (χ1v) is 13.7. The lowest BCUT2D eigenvalue weighted by Crippen LogP contribution is -2.57. The fraction of sp³-hybridized carbons (Fsp3) is 0.467. The summed E-state index contributed by atoms with van der Waals surface area (Å²) < 4.78 is 44.3. The van der Waals surface area contributed by atoms with Gasteiger partial charge in [0, 0.05) is 24.1 Å². The van der Waals surface area contributed by atoms with E-state index in [1.54, 1.807) is 4.90 Å². The number of carbonyl (C=O) groups excluding carboxylic acids is 3. The fourth-order valence-electron chi connectivity index (χ4n) is 6.44. The van der Waals surface area contributed by atoms with Gasteiger partial charge in [-0.05, 0) is 67.9 Å². The van der Waals surface area contributed by atoms with Gasteiger partial charge in [0.05, 0.1) is 11.6 Å². The van der Waals surface area contributed by atoms with Gasteiger partial charge in [-0.3, -0.25) is 19.3 Å². The minimum Gasteiger partial charge on any atom is -0.459 e. The molecule has 2 aromatic rings. The van der Waals surface area contributed by atoms with Crippen molar-refractivity contribution in [1.29, 1.82) is 0 Å². The summed E-state index contributed by atoms with van der Waals surface area (Å²) >= 11 is 0. The van der Waals surface area contributed by atoms with Crippen LogP contribution < -0.4 is 5.73 Å². The number of likely N-dealkylation sites (tertiary alicyclic amines) is 1. The Kier molecular flexibility index (Phi) is 8.04. The average Bonchev–Trinajstić information content (AvgIpc) is 3.52. The van der Waals surface area contributed by atoms with Gasteiger partial charge in [-0.1, -0.05) is 30.3 Å². The van der Waals surface area contributed by atoms with Crippen molar-refractivity contribution >= 4 is 17.8 Å². The summed E-state index contributed by atoms with van der Waals surface area (Å²) in [5.74, 6) is -1.65. The molecule has 0 radical (unpaired) electrons. The van der Waals surface area contributed by atoms with Crippen LogP contribution in [0.15, 0.2) is 54.6 Å².